The summed E-state index contributed by atoms with van der Waals surface area (Å²) in [5.41, 5.74) is 8.56. The van der Waals surface area contributed by atoms with E-state index in [9.17, 15) is 0 Å². The topological polar surface area (TPSA) is 65.4 Å². The van der Waals surface area contributed by atoms with E-state index in [-0.39, 0.29) is 0 Å². The summed E-state index contributed by atoms with van der Waals surface area (Å²) in [4.78, 5) is 8.37. The Balaban J connectivity index is 2.06. The van der Waals surface area contributed by atoms with Crippen LogP contribution in [0.1, 0.15) is 0 Å². The summed E-state index contributed by atoms with van der Waals surface area (Å²) in [5, 5.41) is 0. The summed E-state index contributed by atoms with van der Waals surface area (Å²) in [6.07, 6.45) is 5.54. The number of aromatic nitrogens is 3. The molecule has 2 N–H and O–H groups in total. The van der Waals surface area contributed by atoms with Gasteiger partial charge in [0.2, 0.25) is 5.88 Å². The van der Waals surface area contributed by atoms with Gasteiger partial charge < -0.3 is 14.9 Å². The van der Waals surface area contributed by atoms with Crippen LogP contribution in [0, 0.1) is 0 Å². The summed E-state index contributed by atoms with van der Waals surface area (Å²) >= 11 is 0. The van der Waals surface area contributed by atoms with Crippen molar-refractivity contribution in [2.24, 2.45) is 0 Å². The third-order valence-corrected chi connectivity index (χ3v) is 2.75. The molecule has 3 aromatic heterocycles. The van der Waals surface area contributed by atoms with Gasteiger partial charge in [-0.3, -0.25) is 0 Å². The van der Waals surface area contributed by atoms with Gasteiger partial charge in [0.25, 0.3) is 0 Å². The largest absolute Gasteiger partial charge is 0.481 e. The maximum atomic E-state index is 5.66. The van der Waals surface area contributed by atoms with Gasteiger partial charge in [0.05, 0.1) is 13.3 Å². The van der Waals surface area contributed by atoms with Crippen LogP contribution in [-0.2, 0) is 0 Å². The van der Waals surface area contributed by atoms with Crippen LogP contribution in [0.15, 0.2) is 42.9 Å². The van der Waals surface area contributed by atoms with Gasteiger partial charge in [0.15, 0.2) is 0 Å². The van der Waals surface area contributed by atoms with Gasteiger partial charge >= 0.3 is 0 Å². The highest BCUT2D eigenvalue weighted by Crippen LogP contribution is 2.21. The Morgan fingerprint density at radius 2 is 1.94 bits per heavy atom. The molecule has 0 fully saturated rings. The third kappa shape index (κ3) is 1.75. The first kappa shape index (κ1) is 10.6. The van der Waals surface area contributed by atoms with Crippen molar-refractivity contribution in [3.05, 3.63) is 42.9 Å². The van der Waals surface area contributed by atoms with Crippen molar-refractivity contribution in [3.8, 4) is 17.0 Å². The van der Waals surface area contributed by atoms with Crippen molar-refractivity contribution < 1.29 is 4.74 Å². The molecule has 0 saturated carbocycles. The number of rotatable bonds is 2. The summed E-state index contributed by atoms with van der Waals surface area (Å²) < 4.78 is 6.93. The van der Waals surface area contributed by atoms with Gasteiger partial charge in [-0.25, -0.2) is 9.97 Å². The number of nitrogens with zero attached hydrogens (tertiary/aromatic N) is 3. The fraction of sp³-hybridized carbons (Fsp3) is 0.0769. The van der Waals surface area contributed by atoms with Crippen molar-refractivity contribution in [3.63, 3.8) is 0 Å². The minimum Gasteiger partial charge on any atom is -0.481 e. The molecule has 0 aliphatic rings. The van der Waals surface area contributed by atoms with E-state index in [1.807, 2.05) is 34.9 Å². The van der Waals surface area contributed by atoms with Gasteiger partial charge in [-0.2, -0.15) is 0 Å². The van der Waals surface area contributed by atoms with E-state index in [0.29, 0.717) is 11.7 Å². The second kappa shape index (κ2) is 4.03. The smallest absolute Gasteiger partial charge is 0.212 e. The van der Waals surface area contributed by atoms with E-state index in [1.165, 1.54) is 0 Å². The van der Waals surface area contributed by atoms with E-state index in [4.69, 9.17) is 10.5 Å². The number of hydrogen-bond acceptors (Lipinski definition) is 4. The molecule has 0 atom stereocenters. The molecule has 5 nitrogen and oxygen atoms in total. The highest BCUT2D eigenvalue weighted by atomic mass is 16.5. The van der Waals surface area contributed by atoms with Gasteiger partial charge in [-0.05, 0) is 23.8 Å². The molecule has 0 radical (unpaired) electrons. The highest BCUT2D eigenvalue weighted by molar-refractivity contribution is 5.64. The van der Waals surface area contributed by atoms with E-state index < -0.39 is 0 Å². The van der Waals surface area contributed by atoms with Crippen LogP contribution < -0.4 is 10.5 Å². The van der Waals surface area contributed by atoms with Gasteiger partial charge in [0, 0.05) is 24.0 Å². The molecule has 18 heavy (non-hydrogen) atoms. The SMILES string of the molecule is COc1ccc(-c2ccc3nc(N)cn3c2)cn1. The number of fused-ring (bicyclic) bond motifs is 1. The molecular weight excluding hydrogens is 228 g/mol. The lowest BCUT2D eigenvalue weighted by molar-refractivity contribution is 0.398. The average molecular weight is 240 g/mol. The maximum absolute atomic E-state index is 5.66. The highest BCUT2D eigenvalue weighted by Gasteiger charge is 2.02. The molecule has 0 saturated heterocycles. The summed E-state index contributed by atoms with van der Waals surface area (Å²) in [6, 6.07) is 7.72. The Hall–Kier alpha value is -2.56. The fourth-order valence-electron chi connectivity index (χ4n) is 1.85. The molecule has 90 valence electrons. The normalized spacial score (nSPS) is 10.7. The zero-order chi connectivity index (χ0) is 12.5. The number of ether oxygens (including phenoxy) is 1. The lowest BCUT2D eigenvalue weighted by atomic mass is 10.1. The Kier molecular flexibility index (Phi) is 2.37. The van der Waals surface area contributed by atoms with Crippen LogP contribution in [0.5, 0.6) is 5.88 Å². The number of hydrogen-bond donors (Lipinski definition) is 1. The first-order valence-corrected chi connectivity index (χ1v) is 5.51. The molecule has 0 amide bonds. The van der Waals surface area contributed by atoms with Crippen LogP contribution in [0.3, 0.4) is 0 Å². The van der Waals surface area contributed by atoms with Gasteiger partial charge in [-0.15, -0.1) is 0 Å². The Bertz CT molecular complexity index is 688. The molecule has 3 rings (SSSR count). The van der Waals surface area contributed by atoms with E-state index in [1.54, 1.807) is 19.5 Å². The van der Waals surface area contributed by atoms with Crippen LogP contribution in [0.4, 0.5) is 5.82 Å². The summed E-state index contributed by atoms with van der Waals surface area (Å²) in [7, 11) is 1.60. The van der Waals surface area contributed by atoms with Gasteiger partial charge in [-0.1, -0.05) is 0 Å². The second-order valence-electron chi connectivity index (χ2n) is 3.94. The number of imidazole rings is 1. The Morgan fingerprint density at radius 3 is 2.67 bits per heavy atom. The van der Waals surface area contributed by atoms with Crippen LogP contribution in [0.25, 0.3) is 16.8 Å². The molecule has 0 aliphatic carbocycles. The summed E-state index contributed by atoms with van der Waals surface area (Å²) in [6.45, 7) is 0. The number of nitrogen functional groups attached to an aromatic ring is 1. The monoisotopic (exact) mass is 240 g/mol. The van der Waals surface area contributed by atoms with E-state index in [0.717, 1.165) is 16.8 Å². The zero-order valence-corrected chi connectivity index (χ0v) is 9.87. The maximum Gasteiger partial charge on any atom is 0.212 e. The van der Waals surface area contributed by atoms with Crippen LogP contribution in [0.2, 0.25) is 0 Å². The van der Waals surface area contributed by atoms with Crippen molar-refractivity contribution in [1.82, 2.24) is 14.4 Å². The third-order valence-electron chi connectivity index (χ3n) is 2.75. The Labute approximate surface area is 104 Å². The minimum atomic E-state index is 0.514. The molecule has 3 aromatic rings. The number of methoxy groups -OCH3 is 1. The van der Waals surface area contributed by atoms with Crippen molar-refractivity contribution >= 4 is 11.5 Å². The second-order valence-corrected chi connectivity index (χ2v) is 3.94. The Morgan fingerprint density at radius 1 is 1.11 bits per heavy atom. The molecule has 0 bridgehead atoms. The molecule has 3 heterocycles. The van der Waals surface area contributed by atoms with E-state index >= 15 is 0 Å². The first-order chi connectivity index (χ1) is 8.76. The number of pyridine rings is 2. The molecule has 0 aromatic carbocycles. The number of nitrogens with two attached hydrogens (primary N) is 1. The summed E-state index contributed by atoms with van der Waals surface area (Å²) in [5.74, 6) is 1.12. The first-order valence-electron chi connectivity index (χ1n) is 5.51. The van der Waals surface area contributed by atoms with E-state index in [2.05, 4.69) is 9.97 Å². The molecular formula is C13H12N4O. The number of anilines is 1. The molecule has 5 heteroatoms. The lowest BCUT2D eigenvalue weighted by Crippen LogP contribution is -1.89. The van der Waals surface area contributed by atoms with Crippen molar-refractivity contribution in [2.75, 3.05) is 12.8 Å². The van der Waals surface area contributed by atoms with Crippen LogP contribution >= 0.6 is 0 Å². The fourth-order valence-corrected chi connectivity index (χ4v) is 1.85. The molecule has 0 unspecified atom stereocenters. The lowest BCUT2D eigenvalue weighted by Gasteiger charge is -2.03. The zero-order valence-electron chi connectivity index (χ0n) is 9.87. The quantitative estimate of drug-likeness (QED) is 0.744. The van der Waals surface area contributed by atoms with Crippen LogP contribution in [-0.4, -0.2) is 21.5 Å². The predicted octanol–water partition coefficient (Wildman–Crippen LogP) is 1.99. The van der Waals surface area contributed by atoms with Crippen molar-refractivity contribution in [1.29, 1.82) is 0 Å². The average Bonchev–Trinajstić information content (AvgIpc) is 2.78. The molecule has 0 aliphatic heterocycles. The van der Waals surface area contributed by atoms with Gasteiger partial charge in [0.1, 0.15) is 11.5 Å². The predicted molar refractivity (Wildman–Crippen MR) is 69.4 cm³/mol. The minimum absolute atomic E-state index is 0.514. The molecule has 0 spiro atoms. The standard InChI is InChI=1S/C13H12N4O/c1-18-13-5-3-9(6-15-13)10-2-4-12-16-11(14)8-17(12)7-10/h2-8H,14H2,1H3. The van der Waals surface area contributed by atoms with Crippen molar-refractivity contribution in [2.45, 2.75) is 0 Å².